The molecule has 2 aromatic rings. The smallest absolute Gasteiger partial charge is 0.122 e. The molecule has 0 spiro atoms. The van der Waals surface area contributed by atoms with Crippen LogP contribution in [0.25, 0.3) is 0 Å². The third-order valence-corrected chi connectivity index (χ3v) is 4.86. The van der Waals surface area contributed by atoms with Crippen LogP contribution in [0, 0.1) is 0 Å². The Hall–Kier alpha value is -1.03. The second kappa shape index (κ2) is 5.99. The van der Waals surface area contributed by atoms with Gasteiger partial charge in [0, 0.05) is 28.0 Å². The van der Waals surface area contributed by atoms with Gasteiger partial charge in [-0.15, -0.1) is 0 Å². The third-order valence-electron chi connectivity index (χ3n) is 4.14. The van der Waals surface area contributed by atoms with E-state index in [1.807, 2.05) is 24.3 Å². The van der Waals surface area contributed by atoms with Crippen molar-refractivity contribution in [1.29, 1.82) is 0 Å². The minimum absolute atomic E-state index is 0.0962. The van der Waals surface area contributed by atoms with Gasteiger partial charge in [-0.25, -0.2) is 0 Å². The van der Waals surface area contributed by atoms with Gasteiger partial charge in [-0.1, -0.05) is 39.7 Å². The Morgan fingerprint density at radius 3 is 2.67 bits per heavy atom. The largest absolute Gasteiger partial charge is 0.496 e. The van der Waals surface area contributed by atoms with E-state index in [0.29, 0.717) is 0 Å². The van der Waals surface area contributed by atoms with Crippen LogP contribution in [0.3, 0.4) is 0 Å². The monoisotopic (exact) mass is 365 g/mol. The molecule has 0 aliphatic carbocycles. The molecule has 4 heteroatoms. The standard InChI is InChI=1S/C17H17BrClNO/c1-21-16-6-5-14(18)7-12(16)9-17(10-20-11-17)13-3-2-4-15(19)8-13/h2-8,20H,9-11H2,1H3. The van der Waals surface area contributed by atoms with Crippen molar-refractivity contribution in [3.8, 4) is 5.75 Å². The molecule has 0 saturated carbocycles. The molecular weight excluding hydrogens is 350 g/mol. The van der Waals surface area contributed by atoms with Crippen molar-refractivity contribution in [3.05, 3.63) is 63.1 Å². The van der Waals surface area contributed by atoms with Crippen LogP contribution in [-0.4, -0.2) is 20.2 Å². The van der Waals surface area contributed by atoms with Gasteiger partial charge < -0.3 is 10.1 Å². The molecule has 110 valence electrons. The zero-order valence-electron chi connectivity index (χ0n) is 11.8. The van der Waals surface area contributed by atoms with Gasteiger partial charge >= 0.3 is 0 Å². The summed E-state index contributed by atoms with van der Waals surface area (Å²) >= 11 is 9.71. The quantitative estimate of drug-likeness (QED) is 0.876. The summed E-state index contributed by atoms with van der Waals surface area (Å²) < 4.78 is 6.58. The number of methoxy groups -OCH3 is 1. The zero-order chi connectivity index (χ0) is 14.9. The fraction of sp³-hybridized carbons (Fsp3) is 0.294. The number of halogens is 2. The second-order valence-electron chi connectivity index (χ2n) is 5.53. The normalized spacial score (nSPS) is 16.3. The number of nitrogens with one attached hydrogen (secondary N) is 1. The van der Waals surface area contributed by atoms with E-state index in [-0.39, 0.29) is 5.41 Å². The zero-order valence-corrected chi connectivity index (χ0v) is 14.2. The number of rotatable bonds is 4. The lowest BCUT2D eigenvalue weighted by Gasteiger charge is -2.44. The Labute approximate surface area is 138 Å². The van der Waals surface area contributed by atoms with E-state index in [1.165, 1.54) is 11.1 Å². The summed E-state index contributed by atoms with van der Waals surface area (Å²) in [5, 5.41) is 4.19. The van der Waals surface area contributed by atoms with Gasteiger partial charge in [-0.05, 0) is 47.9 Å². The molecule has 0 aromatic heterocycles. The highest BCUT2D eigenvalue weighted by molar-refractivity contribution is 9.10. The molecule has 3 rings (SSSR count). The molecule has 1 saturated heterocycles. The van der Waals surface area contributed by atoms with Crippen molar-refractivity contribution in [2.24, 2.45) is 0 Å². The van der Waals surface area contributed by atoms with Crippen LogP contribution in [0.1, 0.15) is 11.1 Å². The highest BCUT2D eigenvalue weighted by Gasteiger charge is 2.39. The predicted octanol–water partition coefficient (Wildman–Crippen LogP) is 4.19. The molecule has 0 atom stereocenters. The first-order valence-corrected chi connectivity index (χ1v) is 8.09. The average molecular weight is 367 g/mol. The topological polar surface area (TPSA) is 21.3 Å². The average Bonchev–Trinajstić information content (AvgIpc) is 2.43. The first kappa shape index (κ1) is 14.9. The fourth-order valence-electron chi connectivity index (χ4n) is 2.93. The molecule has 1 aliphatic heterocycles. The van der Waals surface area contributed by atoms with E-state index in [2.05, 4.69) is 39.4 Å². The Bertz CT molecular complexity index is 655. The van der Waals surface area contributed by atoms with Crippen LogP contribution < -0.4 is 10.1 Å². The van der Waals surface area contributed by atoms with Crippen molar-refractivity contribution < 1.29 is 4.74 Å². The van der Waals surface area contributed by atoms with Crippen LogP contribution in [0.2, 0.25) is 5.02 Å². The first-order valence-electron chi connectivity index (χ1n) is 6.92. The lowest BCUT2D eigenvalue weighted by molar-refractivity contribution is 0.271. The second-order valence-corrected chi connectivity index (χ2v) is 6.88. The van der Waals surface area contributed by atoms with Crippen molar-refractivity contribution in [1.82, 2.24) is 5.32 Å². The molecule has 0 unspecified atom stereocenters. The van der Waals surface area contributed by atoms with Crippen molar-refractivity contribution in [3.63, 3.8) is 0 Å². The van der Waals surface area contributed by atoms with Gasteiger partial charge in [0.25, 0.3) is 0 Å². The molecule has 1 N–H and O–H groups in total. The first-order chi connectivity index (χ1) is 10.1. The summed E-state index contributed by atoms with van der Waals surface area (Å²) in [4.78, 5) is 0. The summed E-state index contributed by atoms with van der Waals surface area (Å²) in [5.41, 5.74) is 2.60. The number of ether oxygens (including phenoxy) is 1. The number of benzene rings is 2. The summed E-state index contributed by atoms with van der Waals surface area (Å²) in [6, 6.07) is 14.3. The van der Waals surface area contributed by atoms with E-state index in [4.69, 9.17) is 16.3 Å². The van der Waals surface area contributed by atoms with E-state index >= 15 is 0 Å². The Kier molecular flexibility index (Phi) is 4.25. The number of hydrogen-bond donors (Lipinski definition) is 1. The molecule has 1 heterocycles. The van der Waals surface area contributed by atoms with E-state index < -0.39 is 0 Å². The highest BCUT2D eigenvalue weighted by Crippen LogP contribution is 2.37. The molecule has 0 bridgehead atoms. The molecule has 1 fully saturated rings. The van der Waals surface area contributed by atoms with Gasteiger partial charge in [0.1, 0.15) is 5.75 Å². The van der Waals surface area contributed by atoms with E-state index in [1.54, 1.807) is 7.11 Å². The van der Waals surface area contributed by atoms with Gasteiger partial charge in [0.05, 0.1) is 7.11 Å². The SMILES string of the molecule is COc1ccc(Br)cc1CC1(c2cccc(Cl)c2)CNC1. The maximum absolute atomic E-state index is 6.17. The maximum atomic E-state index is 6.17. The lowest BCUT2D eigenvalue weighted by atomic mass is 9.71. The van der Waals surface area contributed by atoms with Crippen LogP contribution in [0.15, 0.2) is 46.9 Å². The molecule has 2 nitrogen and oxygen atoms in total. The Balaban J connectivity index is 1.96. The molecule has 0 amide bonds. The maximum Gasteiger partial charge on any atom is 0.122 e. The minimum atomic E-state index is 0.0962. The third kappa shape index (κ3) is 2.96. The van der Waals surface area contributed by atoms with Crippen LogP contribution >= 0.6 is 27.5 Å². The van der Waals surface area contributed by atoms with Crippen molar-refractivity contribution in [2.75, 3.05) is 20.2 Å². The molecule has 21 heavy (non-hydrogen) atoms. The van der Waals surface area contributed by atoms with E-state index in [9.17, 15) is 0 Å². The van der Waals surface area contributed by atoms with Gasteiger partial charge in [0.15, 0.2) is 0 Å². The van der Waals surface area contributed by atoms with Gasteiger partial charge in [0.2, 0.25) is 0 Å². The number of hydrogen-bond acceptors (Lipinski definition) is 2. The molecule has 1 aliphatic rings. The van der Waals surface area contributed by atoms with Crippen molar-refractivity contribution >= 4 is 27.5 Å². The predicted molar refractivity (Wildman–Crippen MR) is 90.4 cm³/mol. The summed E-state index contributed by atoms with van der Waals surface area (Å²) in [6.07, 6.45) is 0.933. The van der Waals surface area contributed by atoms with Gasteiger partial charge in [-0.2, -0.15) is 0 Å². The fourth-order valence-corrected chi connectivity index (χ4v) is 3.52. The molecule has 2 aromatic carbocycles. The molecular formula is C17H17BrClNO. The highest BCUT2D eigenvalue weighted by atomic mass is 79.9. The Morgan fingerprint density at radius 2 is 2.05 bits per heavy atom. The van der Waals surface area contributed by atoms with Gasteiger partial charge in [-0.3, -0.25) is 0 Å². The van der Waals surface area contributed by atoms with Crippen LogP contribution in [0.5, 0.6) is 5.75 Å². The summed E-state index contributed by atoms with van der Waals surface area (Å²) in [7, 11) is 1.72. The van der Waals surface area contributed by atoms with Crippen LogP contribution in [-0.2, 0) is 11.8 Å². The molecule has 0 radical (unpaired) electrons. The Morgan fingerprint density at radius 1 is 1.24 bits per heavy atom. The summed E-state index contributed by atoms with van der Waals surface area (Å²) in [6.45, 7) is 1.92. The van der Waals surface area contributed by atoms with Crippen molar-refractivity contribution in [2.45, 2.75) is 11.8 Å². The van der Waals surface area contributed by atoms with E-state index in [0.717, 1.165) is 34.8 Å². The summed E-state index contributed by atoms with van der Waals surface area (Å²) in [5.74, 6) is 0.937. The van der Waals surface area contributed by atoms with Crippen LogP contribution in [0.4, 0.5) is 0 Å². The minimum Gasteiger partial charge on any atom is -0.496 e. The lowest BCUT2D eigenvalue weighted by Crippen LogP contribution is -2.58.